The van der Waals surface area contributed by atoms with Crippen LogP contribution in [0.2, 0.25) is 0 Å². The van der Waals surface area contributed by atoms with Crippen LogP contribution in [0.1, 0.15) is 27.7 Å². The van der Waals surface area contributed by atoms with Crippen LogP contribution in [0.25, 0.3) is 0 Å². The molecule has 0 aliphatic carbocycles. The Labute approximate surface area is 99.9 Å². The number of guanidine groups is 1. The van der Waals surface area contributed by atoms with Gasteiger partial charge in [0.05, 0.1) is 0 Å². The quantitative estimate of drug-likeness (QED) is 0.425. The third-order valence-electron chi connectivity index (χ3n) is 1.80. The van der Waals surface area contributed by atoms with E-state index in [1.165, 1.54) is 0 Å². The highest BCUT2D eigenvalue weighted by molar-refractivity contribution is 5.80. The Morgan fingerprint density at radius 3 is 2.00 bits per heavy atom. The van der Waals surface area contributed by atoms with Crippen LogP contribution in [-0.2, 0) is 0 Å². The van der Waals surface area contributed by atoms with Gasteiger partial charge in [0, 0.05) is 25.2 Å². The van der Waals surface area contributed by atoms with E-state index in [2.05, 4.69) is 56.1 Å². The Morgan fingerprint density at radius 1 is 1.19 bits per heavy atom. The Hall–Kier alpha value is -1.25. The molecular formula is C13H25N3. The van der Waals surface area contributed by atoms with Crippen LogP contribution in [0.15, 0.2) is 30.3 Å². The SMILES string of the molecule is C=CCN(CC=C)C(=NC(C)C)NC(C)C. The average Bonchev–Trinajstić information content (AvgIpc) is 2.15. The van der Waals surface area contributed by atoms with Crippen molar-refractivity contribution in [2.45, 2.75) is 39.8 Å². The van der Waals surface area contributed by atoms with Crippen molar-refractivity contribution in [3.8, 4) is 0 Å². The minimum atomic E-state index is 0.276. The van der Waals surface area contributed by atoms with E-state index in [1.807, 2.05) is 12.2 Å². The molecule has 0 amide bonds. The van der Waals surface area contributed by atoms with Crippen molar-refractivity contribution in [2.75, 3.05) is 13.1 Å². The Morgan fingerprint density at radius 2 is 1.69 bits per heavy atom. The molecule has 92 valence electrons. The molecule has 0 fully saturated rings. The molecule has 0 atom stereocenters. The maximum absolute atomic E-state index is 4.59. The second kappa shape index (κ2) is 7.97. The average molecular weight is 223 g/mol. The third-order valence-corrected chi connectivity index (χ3v) is 1.80. The van der Waals surface area contributed by atoms with E-state index >= 15 is 0 Å². The molecule has 0 unspecified atom stereocenters. The largest absolute Gasteiger partial charge is 0.354 e. The Kier molecular flexibility index (Phi) is 7.34. The molecule has 0 aliphatic heterocycles. The van der Waals surface area contributed by atoms with E-state index in [0.717, 1.165) is 19.0 Å². The van der Waals surface area contributed by atoms with Crippen LogP contribution in [-0.4, -0.2) is 36.0 Å². The minimum Gasteiger partial charge on any atom is -0.354 e. The first-order valence-corrected chi connectivity index (χ1v) is 5.82. The summed E-state index contributed by atoms with van der Waals surface area (Å²) in [6, 6.07) is 0.646. The predicted octanol–water partition coefficient (Wildman–Crippen LogP) is 2.42. The maximum Gasteiger partial charge on any atom is 0.194 e. The molecule has 0 radical (unpaired) electrons. The molecule has 0 spiro atoms. The lowest BCUT2D eigenvalue weighted by Gasteiger charge is -2.26. The summed E-state index contributed by atoms with van der Waals surface area (Å²) in [5.74, 6) is 0.921. The topological polar surface area (TPSA) is 27.6 Å². The minimum absolute atomic E-state index is 0.276. The number of hydrogen-bond donors (Lipinski definition) is 1. The highest BCUT2D eigenvalue weighted by atomic mass is 15.3. The standard InChI is InChI=1S/C13H25N3/c1-7-9-16(10-8-2)13(14-11(3)4)15-12(5)6/h7-8,11-12H,1-2,9-10H2,3-6H3,(H,14,15). The van der Waals surface area contributed by atoms with Gasteiger partial charge in [0.2, 0.25) is 0 Å². The molecule has 0 aliphatic rings. The number of aliphatic imine (C=N–C) groups is 1. The molecule has 0 aromatic carbocycles. The van der Waals surface area contributed by atoms with Gasteiger partial charge in [-0.25, -0.2) is 0 Å². The van der Waals surface area contributed by atoms with Gasteiger partial charge in [0.15, 0.2) is 5.96 Å². The van der Waals surface area contributed by atoms with Crippen molar-refractivity contribution in [3.05, 3.63) is 25.3 Å². The van der Waals surface area contributed by atoms with Crippen molar-refractivity contribution in [1.82, 2.24) is 10.2 Å². The summed E-state index contributed by atoms with van der Waals surface area (Å²) < 4.78 is 0. The van der Waals surface area contributed by atoms with E-state index in [-0.39, 0.29) is 6.04 Å². The van der Waals surface area contributed by atoms with Crippen molar-refractivity contribution in [3.63, 3.8) is 0 Å². The second-order valence-corrected chi connectivity index (χ2v) is 4.33. The fourth-order valence-corrected chi connectivity index (χ4v) is 1.27. The van der Waals surface area contributed by atoms with Crippen LogP contribution >= 0.6 is 0 Å². The van der Waals surface area contributed by atoms with E-state index in [9.17, 15) is 0 Å². The van der Waals surface area contributed by atoms with Gasteiger partial charge < -0.3 is 10.2 Å². The van der Waals surface area contributed by atoms with Gasteiger partial charge in [-0.2, -0.15) is 0 Å². The van der Waals surface area contributed by atoms with Crippen molar-refractivity contribution in [1.29, 1.82) is 0 Å². The normalized spacial score (nSPS) is 11.8. The van der Waals surface area contributed by atoms with E-state index < -0.39 is 0 Å². The van der Waals surface area contributed by atoms with Gasteiger partial charge in [0.1, 0.15) is 0 Å². The lowest BCUT2D eigenvalue weighted by atomic mass is 10.3. The smallest absolute Gasteiger partial charge is 0.194 e. The summed E-state index contributed by atoms with van der Waals surface area (Å²) in [6.45, 7) is 17.4. The monoisotopic (exact) mass is 223 g/mol. The van der Waals surface area contributed by atoms with Gasteiger partial charge in [-0.15, -0.1) is 13.2 Å². The zero-order chi connectivity index (χ0) is 12.6. The molecule has 0 bridgehead atoms. The molecule has 0 heterocycles. The molecule has 0 aromatic rings. The molecule has 3 heteroatoms. The van der Waals surface area contributed by atoms with Crippen LogP contribution in [0.5, 0.6) is 0 Å². The molecule has 0 saturated heterocycles. The summed E-state index contributed by atoms with van der Waals surface area (Å²) in [7, 11) is 0. The molecule has 0 aromatic heterocycles. The number of rotatable bonds is 6. The molecular weight excluding hydrogens is 198 g/mol. The predicted molar refractivity (Wildman–Crippen MR) is 72.8 cm³/mol. The summed E-state index contributed by atoms with van der Waals surface area (Å²) in [6.07, 6.45) is 3.75. The van der Waals surface area contributed by atoms with Gasteiger partial charge >= 0.3 is 0 Å². The fourth-order valence-electron chi connectivity index (χ4n) is 1.27. The summed E-state index contributed by atoms with van der Waals surface area (Å²) in [5.41, 5.74) is 0. The summed E-state index contributed by atoms with van der Waals surface area (Å²) >= 11 is 0. The highest BCUT2D eigenvalue weighted by Gasteiger charge is 2.10. The number of nitrogens with zero attached hydrogens (tertiary/aromatic N) is 2. The molecule has 0 saturated carbocycles. The number of hydrogen-bond acceptors (Lipinski definition) is 1. The van der Waals surface area contributed by atoms with Crippen LogP contribution in [0, 0.1) is 0 Å². The molecule has 3 nitrogen and oxygen atoms in total. The van der Waals surface area contributed by atoms with Gasteiger partial charge in [-0.05, 0) is 27.7 Å². The van der Waals surface area contributed by atoms with Crippen LogP contribution in [0.3, 0.4) is 0 Å². The third kappa shape index (κ3) is 6.27. The van der Waals surface area contributed by atoms with E-state index in [0.29, 0.717) is 6.04 Å². The first-order chi connectivity index (χ1) is 7.51. The highest BCUT2D eigenvalue weighted by Crippen LogP contribution is 1.97. The fraction of sp³-hybridized carbons (Fsp3) is 0.615. The van der Waals surface area contributed by atoms with Gasteiger partial charge in [-0.1, -0.05) is 12.2 Å². The van der Waals surface area contributed by atoms with Crippen molar-refractivity contribution in [2.24, 2.45) is 4.99 Å². The zero-order valence-electron chi connectivity index (χ0n) is 11.0. The zero-order valence-corrected chi connectivity index (χ0v) is 11.0. The molecule has 16 heavy (non-hydrogen) atoms. The van der Waals surface area contributed by atoms with E-state index in [4.69, 9.17) is 0 Å². The Balaban J connectivity index is 4.78. The molecule has 0 rings (SSSR count). The van der Waals surface area contributed by atoms with Gasteiger partial charge in [-0.3, -0.25) is 4.99 Å². The summed E-state index contributed by atoms with van der Waals surface area (Å²) in [4.78, 5) is 6.72. The first kappa shape index (κ1) is 14.8. The van der Waals surface area contributed by atoms with Crippen LogP contribution < -0.4 is 5.32 Å². The maximum atomic E-state index is 4.59. The van der Waals surface area contributed by atoms with Gasteiger partial charge in [0.25, 0.3) is 0 Å². The van der Waals surface area contributed by atoms with Crippen molar-refractivity contribution < 1.29 is 0 Å². The van der Waals surface area contributed by atoms with E-state index in [1.54, 1.807) is 0 Å². The lowest BCUT2D eigenvalue weighted by Crippen LogP contribution is -2.45. The second-order valence-electron chi connectivity index (χ2n) is 4.33. The molecule has 1 N–H and O–H groups in total. The van der Waals surface area contributed by atoms with Crippen LogP contribution in [0.4, 0.5) is 0 Å². The summed E-state index contributed by atoms with van der Waals surface area (Å²) in [5, 5.41) is 3.36. The van der Waals surface area contributed by atoms with Crippen molar-refractivity contribution >= 4 is 5.96 Å². The first-order valence-electron chi connectivity index (χ1n) is 5.82. The number of nitrogens with one attached hydrogen (secondary N) is 1. The lowest BCUT2D eigenvalue weighted by molar-refractivity contribution is 0.474. The Bertz CT molecular complexity index is 232.